The Morgan fingerprint density at radius 3 is 2.08 bits per heavy atom. The normalized spacial score (nSPS) is 21.3. The second kappa shape index (κ2) is 10.0. The van der Waals surface area contributed by atoms with E-state index in [4.69, 9.17) is 14.2 Å². The zero-order valence-electron chi connectivity index (χ0n) is 19.5. The molecule has 0 aromatic heterocycles. The van der Waals surface area contributed by atoms with Gasteiger partial charge in [-0.1, -0.05) is 30.3 Å². The van der Waals surface area contributed by atoms with Crippen molar-refractivity contribution in [3.63, 3.8) is 0 Å². The zero-order valence-corrected chi connectivity index (χ0v) is 19.5. The second-order valence-electron chi connectivity index (χ2n) is 9.11. The largest absolute Gasteiger partial charge is 0.423 e. The van der Waals surface area contributed by atoms with Crippen LogP contribution in [0.25, 0.3) is 11.1 Å². The monoisotopic (exact) mass is 500 g/mol. The minimum absolute atomic E-state index is 0.0398. The fourth-order valence-electron chi connectivity index (χ4n) is 4.78. The molecule has 0 amide bonds. The Bertz CT molecular complexity index is 1280. The Hall–Kier alpha value is -3.23. The number of esters is 1. The van der Waals surface area contributed by atoms with Crippen LogP contribution in [0.15, 0.2) is 48.5 Å². The number of epoxide rings is 1. The van der Waals surface area contributed by atoms with Crippen LogP contribution in [0.5, 0.6) is 5.75 Å². The first kappa shape index (κ1) is 24.5. The number of methoxy groups -OCH3 is 1. The Labute approximate surface area is 205 Å². The van der Waals surface area contributed by atoms with E-state index in [0.29, 0.717) is 25.0 Å². The van der Waals surface area contributed by atoms with Crippen molar-refractivity contribution in [3.8, 4) is 16.9 Å². The molecule has 0 spiro atoms. The fourth-order valence-corrected chi connectivity index (χ4v) is 4.78. The van der Waals surface area contributed by atoms with Crippen LogP contribution in [-0.2, 0) is 9.47 Å². The molecule has 1 atom stereocenters. The van der Waals surface area contributed by atoms with Crippen molar-refractivity contribution in [2.24, 2.45) is 0 Å². The van der Waals surface area contributed by atoms with E-state index in [0.717, 1.165) is 12.8 Å². The van der Waals surface area contributed by atoms with Gasteiger partial charge in [-0.25, -0.2) is 22.4 Å². The van der Waals surface area contributed by atoms with Crippen LogP contribution in [0.2, 0.25) is 0 Å². The molecule has 1 aliphatic heterocycles. The van der Waals surface area contributed by atoms with Crippen molar-refractivity contribution in [2.75, 3.05) is 13.7 Å². The molecule has 2 fully saturated rings. The average molecular weight is 500 g/mol. The van der Waals surface area contributed by atoms with Gasteiger partial charge in [0.25, 0.3) is 0 Å². The van der Waals surface area contributed by atoms with E-state index in [1.807, 2.05) is 0 Å². The quantitative estimate of drug-likeness (QED) is 0.160. The number of carbonyl (C=O) groups excluding carboxylic acids is 1. The lowest BCUT2D eigenvalue weighted by atomic mass is 9.82. The lowest BCUT2D eigenvalue weighted by molar-refractivity contribution is 0.0654. The molecule has 5 rings (SSSR count). The van der Waals surface area contributed by atoms with Crippen molar-refractivity contribution >= 4 is 5.97 Å². The summed E-state index contributed by atoms with van der Waals surface area (Å²) in [5.41, 5.74) is 0.301. The standard InChI is InChI=1S/C28H24F4O4/c1-34-17-6-2-15(3-7-17)20-11-13-22(27(32)25(20)30)28(33)36-18-8-4-16(5-9-18)19-10-12-21(23-14-35-23)26(31)24(19)29/h4-5,8-13,15,17,23H,2-3,6-7,14H2,1H3. The summed E-state index contributed by atoms with van der Waals surface area (Å²) in [6.07, 6.45) is 2.58. The van der Waals surface area contributed by atoms with E-state index in [9.17, 15) is 22.4 Å². The SMILES string of the molecule is COC1CCC(c2ccc(C(=O)Oc3ccc(-c4ccc(C5CO5)c(F)c4F)cc3)c(F)c2F)CC1. The van der Waals surface area contributed by atoms with Crippen LogP contribution in [0, 0.1) is 23.3 Å². The molecule has 2 aliphatic rings. The molecule has 1 saturated carbocycles. The zero-order chi connectivity index (χ0) is 25.4. The molecule has 1 heterocycles. The van der Waals surface area contributed by atoms with Crippen molar-refractivity contribution < 1.29 is 36.6 Å². The molecule has 1 unspecified atom stereocenters. The summed E-state index contributed by atoms with van der Waals surface area (Å²) in [6.45, 7) is 0.360. The third kappa shape index (κ3) is 4.75. The van der Waals surface area contributed by atoms with Gasteiger partial charge in [0.1, 0.15) is 11.9 Å². The maximum Gasteiger partial charge on any atom is 0.346 e. The summed E-state index contributed by atoms with van der Waals surface area (Å²) >= 11 is 0. The van der Waals surface area contributed by atoms with Crippen molar-refractivity contribution in [1.29, 1.82) is 0 Å². The summed E-state index contributed by atoms with van der Waals surface area (Å²) in [5, 5.41) is 0. The molecule has 36 heavy (non-hydrogen) atoms. The van der Waals surface area contributed by atoms with Gasteiger partial charge in [-0.2, -0.15) is 0 Å². The maximum atomic E-state index is 14.8. The van der Waals surface area contributed by atoms with E-state index < -0.39 is 40.9 Å². The summed E-state index contributed by atoms with van der Waals surface area (Å²) in [4.78, 5) is 12.6. The molecule has 3 aromatic carbocycles. The summed E-state index contributed by atoms with van der Waals surface area (Å²) in [5.74, 6) is -5.40. The topological polar surface area (TPSA) is 48.1 Å². The Balaban J connectivity index is 1.29. The van der Waals surface area contributed by atoms with Gasteiger partial charge < -0.3 is 14.2 Å². The van der Waals surface area contributed by atoms with Crippen molar-refractivity contribution in [3.05, 3.63) is 88.5 Å². The lowest BCUT2D eigenvalue weighted by Gasteiger charge is -2.28. The van der Waals surface area contributed by atoms with Gasteiger partial charge in [0.15, 0.2) is 23.3 Å². The van der Waals surface area contributed by atoms with E-state index in [1.54, 1.807) is 7.11 Å². The first-order chi connectivity index (χ1) is 17.4. The third-order valence-electron chi connectivity index (χ3n) is 6.95. The molecule has 3 aromatic rings. The van der Waals surface area contributed by atoms with Crippen molar-refractivity contribution in [1.82, 2.24) is 0 Å². The summed E-state index contributed by atoms with van der Waals surface area (Å²) < 4.78 is 74.1. The Kier molecular flexibility index (Phi) is 6.81. The van der Waals surface area contributed by atoms with Gasteiger partial charge in [-0.3, -0.25) is 0 Å². The molecular formula is C28H24F4O4. The first-order valence-corrected chi connectivity index (χ1v) is 11.8. The molecule has 188 valence electrons. The van der Waals surface area contributed by atoms with Gasteiger partial charge in [-0.15, -0.1) is 0 Å². The van der Waals surface area contributed by atoms with E-state index >= 15 is 0 Å². The lowest BCUT2D eigenvalue weighted by Crippen LogP contribution is -2.20. The van der Waals surface area contributed by atoms with Gasteiger partial charge >= 0.3 is 5.97 Å². The van der Waals surface area contributed by atoms with Crippen LogP contribution in [-0.4, -0.2) is 25.8 Å². The van der Waals surface area contributed by atoms with Crippen LogP contribution in [0.4, 0.5) is 17.6 Å². The molecule has 0 radical (unpaired) electrons. The molecule has 8 heteroatoms. The Morgan fingerprint density at radius 1 is 0.806 bits per heavy atom. The highest BCUT2D eigenvalue weighted by molar-refractivity contribution is 5.91. The van der Waals surface area contributed by atoms with E-state index in [-0.39, 0.29) is 34.5 Å². The molecular weight excluding hydrogens is 476 g/mol. The number of benzene rings is 3. The predicted molar refractivity (Wildman–Crippen MR) is 124 cm³/mol. The Morgan fingerprint density at radius 2 is 1.44 bits per heavy atom. The molecule has 0 bridgehead atoms. The number of halogens is 4. The van der Waals surface area contributed by atoms with Gasteiger partial charge in [-0.05, 0) is 60.9 Å². The third-order valence-corrected chi connectivity index (χ3v) is 6.95. The molecule has 1 saturated heterocycles. The van der Waals surface area contributed by atoms with Crippen LogP contribution < -0.4 is 4.74 Å². The van der Waals surface area contributed by atoms with Crippen LogP contribution >= 0.6 is 0 Å². The summed E-state index contributed by atoms with van der Waals surface area (Å²) in [6, 6.07) is 11.2. The molecule has 1 aliphatic carbocycles. The van der Waals surface area contributed by atoms with E-state index in [2.05, 4.69) is 0 Å². The van der Waals surface area contributed by atoms with Gasteiger partial charge in [0.2, 0.25) is 0 Å². The fraction of sp³-hybridized carbons (Fsp3) is 0.321. The van der Waals surface area contributed by atoms with Crippen LogP contribution in [0.1, 0.15) is 59.2 Å². The van der Waals surface area contributed by atoms with Gasteiger partial charge in [0.05, 0.1) is 18.3 Å². The summed E-state index contributed by atoms with van der Waals surface area (Å²) in [7, 11) is 1.64. The van der Waals surface area contributed by atoms with Gasteiger partial charge in [0, 0.05) is 18.2 Å². The number of rotatable bonds is 6. The highest BCUT2D eigenvalue weighted by Crippen LogP contribution is 2.37. The smallest absolute Gasteiger partial charge is 0.346 e. The van der Waals surface area contributed by atoms with Crippen molar-refractivity contribution in [2.45, 2.75) is 43.8 Å². The maximum absolute atomic E-state index is 14.8. The number of carbonyl (C=O) groups is 1. The highest BCUT2D eigenvalue weighted by Gasteiger charge is 2.30. The highest BCUT2D eigenvalue weighted by atomic mass is 19.2. The first-order valence-electron chi connectivity index (χ1n) is 11.8. The number of ether oxygens (including phenoxy) is 3. The minimum atomic E-state index is -1.25. The number of hydrogen-bond acceptors (Lipinski definition) is 4. The second-order valence-corrected chi connectivity index (χ2v) is 9.11. The minimum Gasteiger partial charge on any atom is -0.423 e. The average Bonchev–Trinajstić information content (AvgIpc) is 3.73. The molecule has 0 N–H and O–H groups in total. The van der Waals surface area contributed by atoms with E-state index in [1.165, 1.54) is 48.5 Å². The molecule has 4 nitrogen and oxygen atoms in total. The van der Waals surface area contributed by atoms with Crippen LogP contribution in [0.3, 0.4) is 0 Å². The number of hydrogen-bond donors (Lipinski definition) is 0. The predicted octanol–water partition coefficient (Wildman–Crippen LogP) is 6.87.